The van der Waals surface area contributed by atoms with Crippen LogP contribution < -0.4 is 10.5 Å². The number of hydrogen-bond donors (Lipinski definition) is 1. The van der Waals surface area contributed by atoms with Gasteiger partial charge in [0, 0.05) is 37.1 Å². The van der Waals surface area contributed by atoms with Gasteiger partial charge in [-0.2, -0.15) is 0 Å². The summed E-state index contributed by atoms with van der Waals surface area (Å²) in [4.78, 5) is 7.53. The second-order valence-corrected chi connectivity index (χ2v) is 8.17. The summed E-state index contributed by atoms with van der Waals surface area (Å²) in [6.45, 7) is 10.4. The van der Waals surface area contributed by atoms with Crippen LogP contribution in [0.15, 0.2) is 42.6 Å². The van der Waals surface area contributed by atoms with Crippen molar-refractivity contribution in [1.29, 1.82) is 0 Å². The lowest BCUT2D eigenvalue weighted by molar-refractivity contribution is 0.133. The number of hydrogen-bond acceptors (Lipinski definition) is 4. The zero-order chi connectivity index (χ0) is 19.7. The van der Waals surface area contributed by atoms with Crippen LogP contribution in [0.4, 0.5) is 5.69 Å². The van der Waals surface area contributed by atoms with E-state index in [-0.39, 0.29) is 0 Å². The van der Waals surface area contributed by atoms with Crippen LogP contribution in [0, 0.1) is 11.8 Å². The fourth-order valence-corrected chi connectivity index (χ4v) is 4.55. The summed E-state index contributed by atoms with van der Waals surface area (Å²) in [5.74, 6) is 2.31. The molecular formula is C23H30N4O. The molecule has 2 atom stereocenters. The first-order chi connectivity index (χ1) is 13.5. The van der Waals surface area contributed by atoms with Gasteiger partial charge in [0.25, 0.3) is 0 Å². The average Bonchev–Trinajstić information content (AvgIpc) is 2.99. The number of likely N-dealkylation sites (tertiary alicyclic amines) is 1. The molecule has 0 spiro atoms. The highest BCUT2D eigenvalue weighted by atomic mass is 16.5. The van der Waals surface area contributed by atoms with Crippen molar-refractivity contribution < 1.29 is 4.74 Å². The topological polar surface area (TPSA) is 55.8 Å². The predicted octanol–water partition coefficient (Wildman–Crippen LogP) is 4.46. The maximum atomic E-state index is 6.11. The highest BCUT2D eigenvalue weighted by Crippen LogP contribution is 2.34. The minimum absolute atomic E-state index is 0.633. The van der Waals surface area contributed by atoms with Crippen LogP contribution in [-0.4, -0.2) is 34.0 Å². The van der Waals surface area contributed by atoms with Crippen molar-refractivity contribution in [3.8, 4) is 17.0 Å². The lowest BCUT2D eigenvalue weighted by atomic mass is 9.92. The summed E-state index contributed by atoms with van der Waals surface area (Å²) < 4.78 is 8.05. The summed E-state index contributed by atoms with van der Waals surface area (Å²) in [6, 6.07) is 12.1. The zero-order valence-corrected chi connectivity index (χ0v) is 17.1. The maximum absolute atomic E-state index is 6.11. The summed E-state index contributed by atoms with van der Waals surface area (Å²) in [5, 5.41) is 0. The smallest absolute Gasteiger partial charge is 0.137 e. The van der Waals surface area contributed by atoms with Crippen LogP contribution in [0.1, 0.15) is 32.9 Å². The molecule has 2 aromatic heterocycles. The Bertz CT molecular complexity index is 954. The van der Waals surface area contributed by atoms with Crippen molar-refractivity contribution in [2.45, 2.75) is 33.7 Å². The van der Waals surface area contributed by atoms with Gasteiger partial charge < -0.3 is 14.9 Å². The van der Waals surface area contributed by atoms with Gasteiger partial charge in [-0.05, 0) is 49.4 Å². The van der Waals surface area contributed by atoms with Gasteiger partial charge in [-0.3, -0.25) is 4.90 Å². The van der Waals surface area contributed by atoms with Crippen molar-refractivity contribution in [2.75, 3.05) is 25.4 Å². The number of piperidine rings is 1. The summed E-state index contributed by atoms with van der Waals surface area (Å²) in [7, 11) is 0. The molecule has 0 bridgehead atoms. The van der Waals surface area contributed by atoms with Gasteiger partial charge >= 0.3 is 0 Å². The maximum Gasteiger partial charge on any atom is 0.137 e. The van der Waals surface area contributed by atoms with Gasteiger partial charge in [0.1, 0.15) is 11.4 Å². The standard InChI is InChI=1S/C23H30N4O/c1-4-28-21-8-6-5-7-19(21)23-20(15-26-12-16(2)11-17(3)13-26)27-14-18(24)9-10-22(27)25-23/h5-10,14,16-17H,4,11-13,15,24H2,1-3H3. The predicted molar refractivity (Wildman–Crippen MR) is 114 cm³/mol. The third kappa shape index (κ3) is 3.72. The van der Waals surface area contributed by atoms with Crippen LogP contribution in [0.2, 0.25) is 0 Å². The molecule has 1 aromatic carbocycles. The number of nitrogens with two attached hydrogens (primary N) is 1. The Kier molecular flexibility index (Phi) is 5.27. The van der Waals surface area contributed by atoms with Gasteiger partial charge in [-0.1, -0.05) is 26.0 Å². The van der Waals surface area contributed by atoms with Crippen molar-refractivity contribution in [3.63, 3.8) is 0 Å². The number of para-hydroxylation sites is 1. The van der Waals surface area contributed by atoms with Crippen molar-refractivity contribution in [1.82, 2.24) is 14.3 Å². The fourth-order valence-electron chi connectivity index (χ4n) is 4.55. The molecular weight excluding hydrogens is 348 g/mol. The molecule has 5 heteroatoms. The van der Waals surface area contributed by atoms with E-state index in [1.165, 1.54) is 12.1 Å². The van der Waals surface area contributed by atoms with Crippen molar-refractivity contribution in [2.24, 2.45) is 11.8 Å². The third-order valence-corrected chi connectivity index (χ3v) is 5.50. The first-order valence-corrected chi connectivity index (χ1v) is 10.3. The van der Waals surface area contributed by atoms with Crippen LogP contribution in [-0.2, 0) is 6.54 Å². The van der Waals surface area contributed by atoms with Gasteiger partial charge in [-0.15, -0.1) is 0 Å². The molecule has 5 nitrogen and oxygen atoms in total. The van der Waals surface area contributed by atoms with E-state index in [2.05, 4.69) is 29.2 Å². The molecule has 148 valence electrons. The molecule has 4 rings (SSSR count). The number of imidazole rings is 1. The number of nitrogens with zero attached hydrogens (tertiary/aromatic N) is 3. The molecule has 0 radical (unpaired) electrons. The summed E-state index contributed by atoms with van der Waals surface area (Å²) in [5.41, 5.74) is 11.0. The second kappa shape index (κ2) is 7.84. The quantitative estimate of drug-likeness (QED) is 0.712. The van der Waals surface area contributed by atoms with Crippen LogP contribution in [0.5, 0.6) is 5.75 Å². The number of rotatable bonds is 5. The highest BCUT2D eigenvalue weighted by Gasteiger charge is 2.25. The van der Waals surface area contributed by atoms with E-state index in [9.17, 15) is 0 Å². The number of nitrogen functional groups attached to an aromatic ring is 1. The first kappa shape index (κ1) is 18.8. The lowest BCUT2D eigenvalue weighted by Gasteiger charge is -2.35. The van der Waals surface area contributed by atoms with E-state index in [0.717, 1.165) is 48.0 Å². The first-order valence-electron chi connectivity index (χ1n) is 10.3. The number of aromatic nitrogens is 2. The molecule has 28 heavy (non-hydrogen) atoms. The fraction of sp³-hybridized carbons (Fsp3) is 0.435. The zero-order valence-electron chi connectivity index (χ0n) is 17.1. The largest absolute Gasteiger partial charge is 0.493 e. The summed E-state index contributed by atoms with van der Waals surface area (Å²) >= 11 is 0. The molecule has 3 aromatic rings. The van der Waals surface area contributed by atoms with Gasteiger partial charge in [-0.25, -0.2) is 4.98 Å². The van der Waals surface area contributed by atoms with Gasteiger partial charge in [0.15, 0.2) is 0 Å². The molecule has 0 aliphatic carbocycles. The number of anilines is 1. The molecule has 0 amide bonds. The molecule has 2 N–H and O–H groups in total. The normalized spacial score (nSPS) is 20.5. The highest BCUT2D eigenvalue weighted by molar-refractivity contribution is 5.72. The van der Waals surface area contributed by atoms with Crippen LogP contribution in [0.25, 0.3) is 16.9 Å². The minimum Gasteiger partial charge on any atom is -0.493 e. The van der Waals surface area contributed by atoms with Crippen LogP contribution in [0.3, 0.4) is 0 Å². The third-order valence-electron chi connectivity index (χ3n) is 5.50. The lowest BCUT2D eigenvalue weighted by Crippen LogP contribution is -2.38. The molecule has 1 aliphatic heterocycles. The Balaban J connectivity index is 1.82. The van der Waals surface area contributed by atoms with Gasteiger partial charge in [0.2, 0.25) is 0 Å². The number of pyridine rings is 1. The Morgan fingerprint density at radius 2 is 1.86 bits per heavy atom. The van der Waals surface area contributed by atoms with E-state index >= 15 is 0 Å². The molecule has 1 fully saturated rings. The molecule has 1 saturated heterocycles. The second-order valence-electron chi connectivity index (χ2n) is 8.17. The molecule has 0 saturated carbocycles. The molecule has 1 aliphatic rings. The van der Waals surface area contributed by atoms with E-state index in [1.807, 2.05) is 43.5 Å². The van der Waals surface area contributed by atoms with Crippen molar-refractivity contribution >= 4 is 11.3 Å². The average molecular weight is 379 g/mol. The van der Waals surface area contributed by atoms with Crippen LogP contribution >= 0.6 is 0 Å². The monoisotopic (exact) mass is 378 g/mol. The van der Waals surface area contributed by atoms with E-state index in [1.54, 1.807) is 0 Å². The van der Waals surface area contributed by atoms with Crippen molar-refractivity contribution in [3.05, 3.63) is 48.3 Å². The van der Waals surface area contributed by atoms with E-state index < -0.39 is 0 Å². The van der Waals surface area contributed by atoms with Gasteiger partial charge in [0.05, 0.1) is 18.0 Å². The number of fused-ring (bicyclic) bond motifs is 1. The molecule has 3 heterocycles. The Hall–Kier alpha value is -2.53. The Labute approximate surface area is 167 Å². The SMILES string of the molecule is CCOc1ccccc1-c1nc2ccc(N)cn2c1CN1CC(C)CC(C)C1. The summed E-state index contributed by atoms with van der Waals surface area (Å²) in [6.07, 6.45) is 3.29. The Morgan fingerprint density at radius 3 is 2.61 bits per heavy atom. The molecule has 2 unspecified atom stereocenters. The Morgan fingerprint density at radius 1 is 1.11 bits per heavy atom. The van der Waals surface area contributed by atoms with E-state index in [4.69, 9.17) is 15.5 Å². The number of benzene rings is 1. The number of ether oxygens (including phenoxy) is 1. The minimum atomic E-state index is 0.633. The van der Waals surface area contributed by atoms with E-state index in [0.29, 0.717) is 18.4 Å².